The van der Waals surface area contributed by atoms with Gasteiger partial charge in [0, 0.05) is 29.8 Å². The molecular weight excluding hydrogens is 240 g/mol. The molecule has 2 rings (SSSR count). The SMILES string of the molecule is CNCC1Cc2c(Br)cccc2N1C. The van der Waals surface area contributed by atoms with E-state index < -0.39 is 0 Å². The van der Waals surface area contributed by atoms with Gasteiger partial charge in [0.15, 0.2) is 0 Å². The van der Waals surface area contributed by atoms with Crippen LogP contribution in [0.15, 0.2) is 22.7 Å². The molecule has 1 aromatic rings. The normalized spacial score (nSPS) is 19.9. The lowest BCUT2D eigenvalue weighted by Crippen LogP contribution is -2.36. The molecule has 3 heteroatoms. The number of likely N-dealkylation sites (N-methyl/N-ethyl adjacent to an activating group) is 2. The fourth-order valence-electron chi connectivity index (χ4n) is 2.09. The third kappa shape index (κ3) is 1.55. The van der Waals surface area contributed by atoms with Crippen molar-refractivity contribution in [2.75, 3.05) is 25.5 Å². The maximum Gasteiger partial charge on any atom is 0.0452 e. The van der Waals surface area contributed by atoms with Crippen molar-refractivity contribution in [2.24, 2.45) is 0 Å². The molecule has 1 atom stereocenters. The predicted octanol–water partition coefficient (Wildman–Crippen LogP) is 2.03. The van der Waals surface area contributed by atoms with Crippen LogP contribution in [0.4, 0.5) is 5.69 Å². The molecule has 1 N–H and O–H groups in total. The van der Waals surface area contributed by atoms with Crippen LogP contribution in [-0.2, 0) is 6.42 Å². The highest BCUT2D eigenvalue weighted by atomic mass is 79.9. The lowest BCUT2D eigenvalue weighted by molar-refractivity contribution is 0.613. The average molecular weight is 255 g/mol. The number of hydrogen-bond donors (Lipinski definition) is 1. The summed E-state index contributed by atoms with van der Waals surface area (Å²) in [6.07, 6.45) is 1.13. The molecule has 1 unspecified atom stereocenters. The molecule has 1 aliphatic rings. The largest absolute Gasteiger partial charge is 0.370 e. The minimum absolute atomic E-state index is 0.591. The van der Waals surface area contributed by atoms with Gasteiger partial charge in [-0.2, -0.15) is 0 Å². The van der Waals surface area contributed by atoms with E-state index in [9.17, 15) is 0 Å². The smallest absolute Gasteiger partial charge is 0.0452 e. The van der Waals surface area contributed by atoms with E-state index in [-0.39, 0.29) is 0 Å². The summed E-state index contributed by atoms with van der Waals surface area (Å²) in [5.74, 6) is 0. The van der Waals surface area contributed by atoms with Gasteiger partial charge < -0.3 is 10.2 Å². The summed E-state index contributed by atoms with van der Waals surface area (Å²) in [7, 11) is 4.17. The van der Waals surface area contributed by atoms with Crippen LogP contribution in [0.2, 0.25) is 0 Å². The summed E-state index contributed by atoms with van der Waals surface area (Å²) in [4.78, 5) is 2.36. The quantitative estimate of drug-likeness (QED) is 0.869. The van der Waals surface area contributed by atoms with Crippen molar-refractivity contribution in [3.8, 4) is 0 Å². The van der Waals surface area contributed by atoms with E-state index in [4.69, 9.17) is 0 Å². The Bertz CT molecular complexity index is 338. The molecule has 2 nitrogen and oxygen atoms in total. The zero-order valence-electron chi connectivity index (χ0n) is 8.55. The second-order valence-corrected chi connectivity index (χ2v) is 4.62. The van der Waals surface area contributed by atoms with Gasteiger partial charge in [-0.05, 0) is 31.2 Å². The molecule has 0 spiro atoms. The van der Waals surface area contributed by atoms with Crippen molar-refractivity contribution in [1.29, 1.82) is 0 Å². The van der Waals surface area contributed by atoms with E-state index in [1.54, 1.807) is 0 Å². The minimum atomic E-state index is 0.591. The zero-order chi connectivity index (χ0) is 10.1. The third-order valence-corrected chi connectivity index (χ3v) is 3.64. The molecule has 76 valence electrons. The van der Waals surface area contributed by atoms with Crippen LogP contribution >= 0.6 is 15.9 Å². The minimum Gasteiger partial charge on any atom is -0.370 e. The Kier molecular flexibility index (Phi) is 2.79. The summed E-state index contributed by atoms with van der Waals surface area (Å²) in [5, 5.41) is 3.24. The summed E-state index contributed by atoms with van der Waals surface area (Å²) in [6.45, 7) is 1.04. The molecule has 0 saturated carbocycles. The monoisotopic (exact) mass is 254 g/mol. The van der Waals surface area contributed by atoms with Crippen LogP contribution in [0.1, 0.15) is 5.56 Å². The number of anilines is 1. The summed E-state index contributed by atoms with van der Waals surface area (Å²) < 4.78 is 1.24. The highest BCUT2D eigenvalue weighted by molar-refractivity contribution is 9.10. The van der Waals surface area contributed by atoms with Crippen molar-refractivity contribution in [3.63, 3.8) is 0 Å². The molecule has 1 aromatic carbocycles. The Morgan fingerprint density at radius 3 is 3.00 bits per heavy atom. The molecule has 0 bridgehead atoms. The molecule has 0 amide bonds. The lowest BCUT2D eigenvalue weighted by Gasteiger charge is -2.22. The number of nitrogens with one attached hydrogen (secondary N) is 1. The highest BCUT2D eigenvalue weighted by Gasteiger charge is 2.26. The standard InChI is InChI=1S/C11H15BrN2/c1-13-7-8-6-9-10(12)4-3-5-11(9)14(8)2/h3-5,8,13H,6-7H2,1-2H3. The second-order valence-electron chi connectivity index (χ2n) is 3.76. The lowest BCUT2D eigenvalue weighted by atomic mass is 10.1. The van der Waals surface area contributed by atoms with Gasteiger partial charge >= 0.3 is 0 Å². The van der Waals surface area contributed by atoms with Gasteiger partial charge in [-0.3, -0.25) is 0 Å². The van der Waals surface area contributed by atoms with Gasteiger partial charge in [0.2, 0.25) is 0 Å². The molecule has 1 aliphatic heterocycles. The van der Waals surface area contributed by atoms with Crippen molar-refractivity contribution >= 4 is 21.6 Å². The summed E-state index contributed by atoms with van der Waals surface area (Å²) in [5.41, 5.74) is 2.80. The van der Waals surface area contributed by atoms with Crippen LogP contribution in [0.25, 0.3) is 0 Å². The van der Waals surface area contributed by atoms with Crippen LogP contribution in [0.5, 0.6) is 0 Å². The first-order valence-corrected chi connectivity index (χ1v) is 5.68. The molecule has 0 aromatic heterocycles. The zero-order valence-corrected chi connectivity index (χ0v) is 10.1. The van der Waals surface area contributed by atoms with Crippen LogP contribution < -0.4 is 10.2 Å². The Labute approximate surface area is 93.4 Å². The van der Waals surface area contributed by atoms with Gasteiger partial charge in [0.05, 0.1) is 0 Å². The molecule has 0 saturated heterocycles. The molecule has 14 heavy (non-hydrogen) atoms. The molecule has 1 heterocycles. The first kappa shape index (κ1) is 9.99. The van der Waals surface area contributed by atoms with Gasteiger partial charge in [-0.25, -0.2) is 0 Å². The second kappa shape index (κ2) is 3.91. The maximum absolute atomic E-state index is 3.61. The van der Waals surface area contributed by atoms with Crippen molar-refractivity contribution in [1.82, 2.24) is 5.32 Å². The van der Waals surface area contributed by atoms with Crippen molar-refractivity contribution in [2.45, 2.75) is 12.5 Å². The highest BCUT2D eigenvalue weighted by Crippen LogP contribution is 2.35. The Hall–Kier alpha value is -0.540. The Balaban J connectivity index is 2.30. The molecule has 0 radical (unpaired) electrons. The topological polar surface area (TPSA) is 15.3 Å². The number of benzene rings is 1. The van der Waals surface area contributed by atoms with Crippen LogP contribution in [0, 0.1) is 0 Å². The fraction of sp³-hybridized carbons (Fsp3) is 0.455. The van der Waals surface area contributed by atoms with Gasteiger partial charge in [-0.15, -0.1) is 0 Å². The summed E-state index contributed by atoms with van der Waals surface area (Å²) >= 11 is 3.61. The van der Waals surface area contributed by atoms with E-state index in [1.165, 1.54) is 15.7 Å². The van der Waals surface area contributed by atoms with Crippen molar-refractivity contribution < 1.29 is 0 Å². The van der Waals surface area contributed by atoms with E-state index in [1.807, 2.05) is 7.05 Å². The first-order valence-electron chi connectivity index (χ1n) is 4.89. The van der Waals surface area contributed by atoms with E-state index in [2.05, 4.69) is 51.4 Å². The van der Waals surface area contributed by atoms with Crippen molar-refractivity contribution in [3.05, 3.63) is 28.2 Å². The predicted molar refractivity (Wildman–Crippen MR) is 64.0 cm³/mol. The number of halogens is 1. The fourth-order valence-corrected chi connectivity index (χ4v) is 2.61. The number of hydrogen-bond acceptors (Lipinski definition) is 2. The van der Waals surface area contributed by atoms with E-state index >= 15 is 0 Å². The average Bonchev–Trinajstić information content (AvgIpc) is 2.48. The summed E-state index contributed by atoms with van der Waals surface area (Å²) in [6, 6.07) is 7.00. The molecule has 0 fully saturated rings. The molecule has 0 aliphatic carbocycles. The van der Waals surface area contributed by atoms with E-state index in [0.29, 0.717) is 6.04 Å². The Morgan fingerprint density at radius 2 is 2.36 bits per heavy atom. The van der Waals surface area contributed by atoms with Gasteiger partial charge in [0.1, 0.15) is 0 Å². The maximum atomic E-state index is 3.61. The Morgan fingerprint density at radius 1 is 1.57 bits per heavy atom. The number of nitrogens with zero attached hydrogens (tertiary/aromatic N) is 1. The number of rotatable bonds is 2. The third-order valence-electron chi connectivity index (χ3n) is 2.90. The molecular formula is C11H15BrN2. The van der Waals surface area contributed by atoms with Crippen LogP contribution in [-0.4, -0.2) is 26.7 Å². The van der Waals surface area contributed by atoms with E-state index in [0.717, 1.165) is 13.0 Å². The van der Waals surface area contributed by atoms with Gasteiger partial charge in [-0.1, -0.05) is 22.0 Å². The van der Waals surface area contributed by atoms with Gasteiger partial charge in [0.25, 0.3) is 0 Å². The van der Waals surface area contributed by atoms with Crippen LogP contribution in [0.3, 0.4) is 0 Å². The first-order chi connectivity index (χ1) is 6.74. The number of fused-ring (bicyclic) bond motifs is 1.